The number of carboxylic acids is 1. The van der Waals surface area contributed by atoms with Gasteiger partial charge in [0.2, 0.25) is 0 Å². The van der Waals surface area contributed by atoms with Crippen molar-refractivity contribution in [1.82, 2.24) is 0 Å². The van der Waals surface area contributed by atoms with E-state index in [9.17, 15) is 4.79 Å². The molecule has 0 aliphatic rings. The molecule has 0 bridgehead atoms. The summed E-state index contributed by atoms with van der Waals surface area (Å²) in [6, 6.07) is 0.982. The largest absolute Gasteiger partial charge is 0.478 e. The summed E-state index contributed by atoms with van der Waals surface area (Å²) in [6.07, 6.45) is 5.39. The maximum atomic E-state index is 10.7. The zero-order chi connectivity index (χ0) is 12.8. The Morgan fingerprint density at radius 2 is 1.81 bits per heavy atom. The number of allylic oxidation sites excluding steroid dienone is 3. The Bertz CT molecular complexity index is 292. The molecule has 1 N–H and O–H groups in total. The van der Waals surface area contributed by atoms with Gasteiger partial charge in [0.1, 0.15) is 0 Å². The topological polar surface area (TPSA) is 37.3 Å². The molecule has 0 spiro atoms. The molecule has 0 rings (SSSR count). The van der Waals surface area contributed by atoms with Crippen molar-refractivity contribution in [3.8, 4) is 0 Å². The second kappa shape index (κ2) is 6.69. The van der Waals surface area contributed by atoms with Crippen LogP contribution in [0.25, 0.3) is 0 Å². The fraction of sp³-hybridized carbons (Fsp3) is 0.615. The van der Waals surface area contributed by atoms with E-state index in [1.807, 2.05) is 0 Å². The maximum absolute atomic E-state index is 10.7. The summed E-state index contributed by atoms with van der Waals surface area (Å²) in [5, 5.41) is 8.81. The van der Waals surface area contributed by atoms with Gasteiger partial charge < -0.3 is 5.11 Å². The first kappa shape index (κ1) is 15.2. The average Bonchev–Trinajstić information content (AvgIpc) is 1.98. The third kappa shape index (κ3) is 9.71. The van der Waals surface area contributed by atoms with Crippen LogP contribution in [0.1, 0.15) is 26.7 Å². The first-order chi connectivity index (χ1) is 7.20. The van der Waals surface area contributed by atoms with Gasteiger partial charge >= 0.3 is 5.97 Å². The van der Waals surface area contributed by atoms with Crippen LogP contribution in [0.4, 0.5) is 0 Å². The Labute approximate surface area is 100 Å². The summed E-state index contributed by atoms with van der Waals surface area (Å²) in [5.41, 5.74) is 2.38. The van der Waals surface area contributed by atoms with Gasteiger partial charge in [-0.3, -0.25) is 0 Å². The number of carboxylic acid groups (broad SMARTS) is 1. The molecule has 2 nitrogen and oxygen atoms in total. The average molecular weight is 240 g/mol. The van der Waals surface area contributed by atoms with Crippen LogP contribution in [0.3, 0.4) is 0 Å². The normalized spacial score (nSPS) is 12.4. The molecule has 0 aliphatic carbocycles. The van der Waals surface area contributed by atoms with Crippen LogP contribution in [-0.4, -0.2) is 19.1 Å². The lowest BCUT2D eigenvalue weighted by molar-refractivity contribution is -0.131. The zero-order valence-electron chi connectivity index (χ0n) is 11.1. The fourth-order valence-corrected chi connectivity index (χ4v) is 3.25. The van der Waals surface area contributed by atoms with Gasteiger partial charge in [-0.05, 0) is 32.7 Å². The van der Waals surface area contributed by atoms with Crippen molar-refractivity contribution in [2.75, 3.05) is 0 Å². The van der Waals surface area contributed by atoms with Crippen molar-refractivity contribution in [2.24, 2.45) is 0 Å². The number of carbonyl (C=O) groups is 1. The van der Waals surface area contributed by atoms with Gasteiger partial charge in [-0.1, -0.05) is 36.9 Å². The molecule has 0 amide bonds. The molecule has 0 heterocycles. The SMILES string of the molecule is CC(C)=CCCC(=CC(=O)O)C[Si](C)(C)C. The Balaban J connectivity index is 4.46. The third-order valence-electron chi connectivity index (χ3n) is 2.10. The predicted molar refractivity (Wildman–Crippen MR) is 72.5 cm³/mol. The van der Waals surface area contributed by atoms with Gasteiger partial charge in [-0.2, -0.15) is 0 Å². The summed E-state index contributed by atoms with van der Waals surface area (Å²) in [7, 11) is -1.22. The predicted octanol–water partition coefficient (Wildman–Crippen LogP) is 4.08. The Morgan fingerprint density at radius 1 is 1.25 bits per heavy atom. The van der Waals surface area contributed by atoms with E-state index in [1.54, 1.807) is 0 Å². The molecule has 0 aliphatic heterocycles. The van der Waals surface area contributed by atoms with Crippen LogP contribution in [0, 0.1) is 0 Å². The van der Waals surface area contributed by atoms with Crippen molar-refractivity contribution in [1.29, 1.82) is 0 Å². The lowest BCUT2D eigenvalue weighted by atomic mass is 10.1. The highest BCUT2D eigenvalue weighted by molar-refractivity contribution is 6.76. The quantitative estimate of drug-likeness (QED) is 0.431. The summed E-state index contributed by atoms with van der Waals surface area (Å²) in [5.74, 6) is -0.814. The molecular formula is C13H24O2Si. The van der Waals surface area contributed by atoms with Crippen molar-refractivity contribution in [3.63, 3.8) is 0 Å². The number of hydrogen-bond acceptors (Lipinski definition) is 1. The van der Waals surface area contributed by atoms with E-state index in [0.29, 0.717) is 0 Å². The van der Waals surface area contributed by atoms with Gasteiger partial charge in [0, 0.05) is 14.1 Å². The molecule has 0 unspecified atom stereocenters. The van der Waals surface area contributed by atoms with Gasteiger partial charge in [0.25, 0.3) is 0 Å². The molecule has 0 saturated heterocycles. The highest BCUT2D eigenvalue weighted by atomic mass is 28.3. The van der Waals surface area contributed by atoms with Crippen LogP contribution >= 0.6 is 0 Å². The smallest absolute Gasteiger partial charge is 0.328 e. The molecule has 0 atom stereocenters. The third-order valence-corrected chi connectivity index (χ3v) is 3.62. The minimum atomic E-state index is -1.22. The molecule has 0 radical (unpaired) electrons. The fourth-order valence-electron chi connectivity index (χ4n) is 1.61. The highest BCUT2D eigenvalue weighted by Crippen LogP contribution is 2.20. The van der Waals surface area contributed by atoms with E-state index in [4.69, 9.17) is 5.11 Å². The monoisotopic (exact) mass is 240 g/mol. The molecule has 3 heteroatoms. The molecule has 92 valence electrons. The van der Waals surface area contributed by atoms with E-state index in [1.165, 1.54) is 11.6 Å². The summed E-state index contributed by atoms with van der Waals surface area (Å²) < 4.78 is 0. The molecule has 0 aromatic heterocycles. The lowest BCUT2D eigenvalue weighted by Gasteiger charge is -2.17. The molecule has 0 saturated carbocycles. The van der Waals surface area contributed by atoms with Crippen molar-refractivity contribution in [3.05, 3.63) is 23.3 Å². The van der Waals surface area contributed by atoms with E-state index in [0.717, 1.165) is 24.5 Å². The summed E-state index contributed by atoms with van der Waals surface area (Å²) >= 11 is 0. The highest BCUT2D eigenvalue weighted by Gasteiger charge is 2.15. The van der Waals surface area contributed by atoms with Crippen molar-refractivity contribution < 1.29 is 9.90 Å². The first-order valence-electron chi connectivity index (χ1n) is 5.76. The van der Waals surface area contributed by atoms with Gasteiger partial charge in [0.15, 0.2) is 0 Å². The number of hydrogen-bond donors (Lipinski definition) is 1. The Hall–Kier alpha value is -0.833. The van der Waals surface area contributed by atoms with Gasteiger partial charge in [0.05, 0.1) is 0 Å². The second-order valence-corrected chi connectivity index (χ2v) is 11.2. The standard InChI is InChI=1S/C13H24O2Si/c1-11(2)7-6-8-12(9-13(14)15)10-16(3,4)5/h7,9H,6,8,10H2,1-5H3,(H,14,15). The molecule has 16 heavy (non-hydrogen) atoms. The van der Waals surface area contributed by atoms with E-state index in [2.05, 4.69) is 39.6 Å². The molecule has 0 fully saturated rings. The minimum absolute atomic E-state index is 0.814. The van der Waals surface area contributed by atoms with Crippen LogP contribution < -0.4 is 0 Å². The van der Waals surface area contributed by atoms with Crippen molar-refractivity contribution >= 4 is 14.0 Å². The van der Waals surface area contributed by atoms with Crippen molar-refractivity contribution in [2.45, 2.75) is 52.4 Å². The molecule has 0 aromatic rings. The summed E-state index contributed by atoms with van der Waals surface area (Å²) in [4.78, 5) is 10.7. The zero-order valence-corrected chi connectivity index (χ0v) is 12.1. The number of aliphatic carboxylic acids is 1. The second-order valence-electron chi connectivity index (χ2n) is 5.70. The summed E-state index contributed by atoms with van der Waals surface area (Å²) in [6.45, 7) is 10.9. The van der Waals surface area contributed by atoms with E-state index < -0.39 is 14.0 Å². The molecule has 0 aromatic carbocycles. The first-order valence-corrected chi connectivity index (χ1v) is 9.47. The van der Waals surface area contributed by atoms with Crippen LogP contribution in [0.5, 0.6) is 0 Å². The Morgan fingerprint density at radius 3 is 2.19 bits per heavy atom. The van der Waals surface area contributed by atoms with E-state index in [-0.39, 0.29) is 0 Å². The minimum Gasteiger partial charge on any atom is -0.478 e. The lowest BCUT2D eigenvalue weighted by Crippen LogP contribution is -2.20. The van der Waals surface area contributed by atoms with Crippen LogP contribution in [0.2, 0.25) is 25.7 Å². The van der Waals surface area contributed by atoms with E-state index >= 15 is 0 Å². The van der Waals surface area contributed by atoms with Gasteiger partial charge in [-0.25, -0.2) is 4.79 Å². The maximum Gasteiger partial charge on any atom is 0.328 e. The molecular weight excluding hydrogens is 216 g/mol. The van der Waals surface area contributed by atoms with Crippen LogP contribution in [-0.2, 0) is 4.79 Å². The number of rotatable bonds is 6. The Kier molecular flexibility index (Phi) is 6.34. The van der Waals surface area contributed by atoms with Gasteiger partial charge in [-0.15, -0.1) is 0 Å². The van der Waals surface area contributed by atoms with Crippen LogP contribution in [0.15, 0.2) is 23.3 Å².